The van der Waals surface area contributed by atoms with E-state index in [1.54, 1.807) is 7.11 Å². The quantitative estimate of drug-likeness (QED) is 0.515. The summed E-state index contributed by atoms with van der Waals surface area (Å²) in [6, 6.07) is 7.84. The molecule has 31 heavy (non-hydrogen) atoms. The third-order valence-corrected chi connectivity index (χ3v) is 11.1. The first-order valence-electron chi connectivity index (χ1n) is 11.1. The SMILES string of the molecule is CCC1=C2COCC(O[Si](C)(C)C(C)(C)C)C(OCc3ccc(OC)cc3)=C2CC1=O. The second kappa shape index (κ2) is 9.31. The second-order valence-electron chi connectivity index (χ2n) is 9.77. The number of methoxy groups -OCH3 is 1. The van der Waals surface area contributed by atoms with Crippen LogP contribution >= 0.6 is 0 Å². The largest absolute Gasteiger partial charge is 0.497 e. The molecule has 0 saturated carbocycles. The van der Waals surface area contributed by atoms with Gasteiger partial charge in [0.05, 0.1) is 20.3 Å². The average Bonchev–Trinajstić information content (AvgIpc) is 2.93. The molecule has 6 heteroatoms. The number of allylic oxidation sites excluding steroid dienone is 1. The first-order valence-corrected chi connectivity index (χ1v) is 14.0. The molecule has 0 amide bonds. The predicted octanol–water partition coefficient (Wildman–Crippen LogP) is 5.57. The fourth-order valence-electron chi connectivity index (χ4n) is 3.77. The van der Waals surface area contributed by atoms with Crippen LogP contribution in [0, 0.1) is 0 Å². The molecule has 0 saturated heterocycles. The monoisotopic (exact) mass is 444 g/mol. The molecule has 1 aliphatic carbocycles. The summed E-state index contributed by atoms with van der Waals surface area (Å²) in [6.45, 7) is 14.4. The molecule has 2 aliphatic rings. The molecule has 1 aromatic rings. The lowest BCUT2D eigenvalue weighted by Crippen LogP contribution is -2.45. The fraction of sp³-hybridized carbons (Fsp3) is 0.560. The number of Topliss-reactive ketones (excluding diaryl/α,β-unsaturated/α-hetero) is 1. The Morgan fingerprint density at radius 3 is 2.39 bits per heavy atom. The van der Waals surface area contributed by atoms with Crippen LogP contribution < -0.4 is 4.74 Å². The lowest BCUT2D eigenvalue weighted by Gasteiger charge is -2.39. The van der Waals surface area contributed by atoms with Crippen molar-refractivity contribution in [3.05, 3.63) is 52.3 Å². The van der Waals surface area contributed by atoms with Crippen molar-refractivity contribution in [2.75, 3.05) is 20.3 Å². The zero-order valence-corrected chi connectivity index (χ0v) is 21.0. The molecule has 1 atom stereocenters. The number of benzene rings is 1. The van der Waals surface area contributed by atoms with Gasteiger partial charge in [0.15, 0.2) is 14.1 Å². The van der Waals surface area contributed by atoms with E-state index >= 15 is 0 Å². The standard InChI is InChI=1S/C25H36O5Si/c1-8-19-21-15-28-16-23(30-31(6,7)25(2,3)4)24(20(21)13-22(19)26)29-14-17-9-11-18(27-5)12-10-17/h9-12,23H,8,13-16H2,1-7H3. The van der Waals surface area contributed by atoms with E-state index in [1.165, 1.54) is 0 Å². The number of ketones is 1. The molecule has 1 unspecified atom stereocenters. The zero-order valence-electron chi connectivity index (χ0n) is 20.0. The highest BCUT2D eigenvalue weighted by atomic mass is 28.4. The van der Waals surface area contributed by atoms with Crippen LogP contribution in [0.2, 0.25) is 18.1 Å². The molecule has 170 valence electrons. The highest BCUT2D eigenvalue weighted by Gasteiger charge is 2.42. The van der Waals surface area contributed by atoms with Gasteiger partial charge in [0.2, 0.25) is 0 Å². The minimum Gasteiger partial charge on any atom is -0.497 e. The number of hydrogen-bond acceptors (Lipinski definition) is 5. The first kappa shape index (κ1) is 23.8. The Hall–Kier alpha value is -1.89. The molecule has 1 aromatic carbocycles. The van der Waals surface area contributed by atoms with Crippen molar-refractivity contribution in [1.82, 2.24) is 0 Å². The van der Waals surface area contributed by atoms with Crippen LogP contribution in [0.3, 0.4) is 0 Å². The van der Waals surface area contributed by atoms with Gasteiger partial charge in [-0.1, -0.05) is 39.8 Å². The molecule has 3 rings (SSSR count). The summed E-state index contributed by atoms with van der Waals surface area (Å²) in [5.74, 6) is 1.76. The van der Waals surface area contributed by atoms with Crippen LogP contribution in [-0.2, 0) is 25.3 Å². The fourth-order valence-corrected chi connectivity index (χ4v) is 5.01. The molecule has 0 bridgehead atoms. The van der Waals surface area contributed by atoms with Crippen molar-refractivity contribution in [2.45, 2.75) is 71.4 Å². The van der Waals surface area contributed by atoms with Crippen molar-refractivity contribution in [1.29, 1.82) is 0 Å². The molecule has 1 aliphatic heterocycles. The molecule has 0 N–H and O–H groups in total. The Morgan fingerprint density at radius 2 is 1.81 bits per heavy atom. The van der Waals surface area contributed by atoms with E-state index in [1.807, 2.05) is 31.2 Å². The molecule has 1 heterocycles. The van der Waals surface area contributed by atoms with Gasteiger partial charge >= 0.3 is 0 Å². The van der Waals surface area contributed by atoms with E-state index in [9.17, 15) is 4.79 Å². The van der Waals surface area contributed by atoms with Crippen LogP contribution in [0.5, 0.6) is 5.75 Å². The number of ether oxygens (including phenoxy) is 3. The van der Waals surface area contributed by atoms with E-state index in [0.717, 1.165) is 33.8 Å². The number of rotatable bonds is 7. The second-order valence-corrected chi connectivity index (χ2v) is 14.5. The topological polar surface area (TPSA) is 54.0 Å². The van der Waals surface area contributed by atoms with E-state index < -0.39 is 8.32 Å². The predicted molar refractivity (Wildman–Crippen MR) is 125 cm³/mol. The van der Waals surface area contributed by atoms with Crippen molar-refractivity contribution in [2.24, 2.45) is 0 Å². The van der Waals surface area contributed by atoms with Gasteiger partial charge in [0.1, 0.15) is 24.2 Å². The summed E-state index contributed by atoms with van der Waals surface area (Å²) in [7, 11) is -0.420. The number of carbonyl (C=O) groups excluding carboxylic acids is 1. The van der Waals surface area contributed by atoms with Gasteiger partial charge < -0.3 is 18.6 Å². The smallest absolute Gasteiger partial charge is 0.193 e. The van der Waals surface area contributed by atoms with Gasteiger partial charge in [0, 0.05) is 17.6 Å². The van der Waals surface area contributed by atoms with Crippen LogP contribution in [-0.4, -0.2) is 40.5 Å². The van der Waals surface area contributed by atoms with Crippen molar-refractivity contribution in [3.8, 4) is 5.75 Å². The Bertz CT molecular complexity index is 874. The van der Waals surface area contributed by atoms with Gasteiger partial charge in [-0.25, -0.2) is 0 Å². The summed E-state index contributed by atoms with van der Waals surface area (Å²) in [5.41, 5.74) is 3.87. The van der Waals surface area contributed by atoms with Crippen LogP contribution in [0.25, 0.3) is 0 Å². The minimum absolute atomic E-state index is 0.0593. The Morgan fingerprint density at radius 1 is 1.13 bits per heavy atom. The normalized spacial score (nSPS) is 20.1. The number of hydrogen-bond donors (Lipinski definition) is 0. The summed E-state index contributed by atoms with van der Waals surface area (Å²) in [6.07, 6.45) is 0.771. The van der Waals surface area contributed by atoms with Gasteiger partial charge in [-0.3, -0.25) is 4.79 Å². The highest BCUT2D eigenvalue weighted by Crippen LogP contribution is 2.41. The summed E-state index contributed by atoms with van der Waals surface area (Å²) in [5, 5.41) is 0.0593. The van der Waals surface area contributed by atoms with Crippen molar-refractivity contribution >= 4 is 14.1 Å². The zero-order chi connectivity index (χ0) is 22.8. The van der Waals surface area contributed by atoms with E-state index in [4.69, 9.17) is 18.6 Å². The number of carbonyl (C=O) groups is 1. The van der Waals surface area contributed by atoms with E-state index in [-0.39, 0.29) is 16.9 Å². The van der Waals surface area contributed by atoms with Crippen LogP contribution in [0.4, 0.5) is 0 Å². The average molecular weight is 445 g/mol. The highest BCUT2D eigenvalue weighted by molar-refractivity contribution is 6.74. The molecule has 0 radical (unpaired) electrons. The van der Waals surface area contributed by atoms with E-state index in [2.05, 4.69) is 33.9 Å². The molecular weight excluding hydrogens is 408 g/mol. The molecule has 0 aromatic heterocycles. The summed E-state index contributed by atoms with van der Waals surface area (Å²) >= 11 is 0. The third-order valence-electron chi connectivity index (χ3n) is 6.66. The minimum atomic E-state index is -2.08. The lowest BCUT2D eigenvalue weighted by molar-refractivity contribution is -0.114. The van der Waals surface area contributed by atoms with Gasteiger partial charge in [-0.2, -0.15) is 0 Å². The summed E-state index contributed by atoms with van der Waals surface area (Å²) < 4.78 is 24.4. The van der Waals surface area contributed by atoms with Gasteiger partial charge in [0.25, 0.3) is 0 Å². The van der Waals surface area contributed by atoms with Crippen molar-refractivity contribution in [3.63, 3.8) is 0 Å². The van der Waals surface area contributed by atoms with Gasteiger partial charge in [-0.15, -0.1) is 0 Å². The third kappa shape index (κ3) is 5.13. The van der Waals surface area contributed by atoms with E-state index in [0.29, 0.717) is 32.7 Å². The Labute approximate surface area is 187 Å². The maximum absolute atomic E-state index is 12.7. The first-order chi connectivity index (χ1) is 14.6. The Kier molecular flexibility index (Phi) is 7.13. The summed E-state index contributed by atoms with van der Waals surface area (Å²) in [4.78, 5) is 12.7. The number of fused-ring (bicyclic) bond motifs is 1. The molecular formula is C25H36O5Si. The molecule has 0 spiro atoms. The molecule has 0 fully saturated rings. The maximum Gasteiger partial charge on any atom is 0.193 e. The van der Waals surface area contributed by atoms with Gasteiger partial charge in [-0.05, 0) is 47.8 Å². The Balaban J connectivity index is 1.95. The lowest BCUT2D eigenvalue weighted by atomic mass is 10.0. The van der Waals surface area contributed by atoms with Crippen LogP contribution in [0.1, 0.15) is 46.1 Å². The van der Waals surface area contributed by atoms with Crippen molar-refractivity contribution < 1.29 is 23.4 Å². The van der Waals surface area contributed by atoms with Crippen LogP contribution in [0.15, 0.2) is 46.7 Å². The molecule has 5 nitrogen and oxygen atoms in total. The maximum atomic E-state index is 12.7.